The molecule has 2 heterocycles. The number of hydrogen-bond acceptors (Lipinski definition) is 4. The molecule has 1 amide bonds. The third-order valence-electron chi connectivity index (χ3n) is 5.04. The second kappa shape index (κ2) is 8.57. The number of nitrogens with zero attached hydrogens (tertiary/aromatic N) is 3. The molecule has 0 aliphatic carbocycles. The first-order valence-corrected chi connectivity index (χ1v) is 9.62. The predicted octanol–water partition coefficient (Wildman–Crippen LogP) is 3.66. The Morgan fingerprint density at radius 1 is 0.893 bits per heavy atom. The van der Waals surface area contributed by atoms with Crippen LogP contribution in [0.15, 0.2) is 79.1 Å². The van der Waals surface area contributed by atoms with Crippen LogP contribution in [-0.4, -0.2) is 42.0 Å². The summed E-state index contributed by atoms with van der Waals surface area (Å²) in [5, 5.41) is 3.36. The monoisotopic (exact) mass is 372 g/mol. The van der Waals surface area contributed by atoms with Crippen molar-refractivity contribution < 1.29 is 4.79 Å². The number of anilines is 2. The van der Waals surface area contributed by atoms with Gasteiger partial charge in [-0.05, 0) is 48.0 Å². The van der Waals surface area contributed by atoms with Gasteiger partial charge in [0.2, 0.25) is 0 Å². The van der Waals surface area contributed by atoms with Crippen LogP contribution in [0.4, 0.5) is 11.4 Å². The average molecular weight is 372 g/mol. The first-order valence-electron chi connectivity index (χ1n) is 9.62. The van der Waals surface area contributed by atoms with E-state index in [0.717, 1.165) is 43.0 Å². The van der Waals surface area contributed by atoms with Gasteiger partial charge in [-0.3, -0.25) is 9.78 Å². The number of carbonyl (C=O) groups excluding carboxylic acids is 1. The maximum absolute atomic E-state index is 12.8. The van der Waals surface area contributed by atoms with Crippen molar-refractivity contribution in [3.8, 4) is 0 Å². The molecular formula is C23H24N4O. The normalized spacial score (nSPS) is 14.0. The molecule has 0 atom stereocenters. The van der Waals surface area contributed by atoms with E-state index in [0.29, 0.717) is 6.54 Å². The molecule has 0 radical (unpaired) electrons. The van der Waals surface area contributed by atoms with Crippen LogP contribution in [0.25, 0.3) is 0 Å². The molecule has 1 aromatic heterocycles. The second-order valence-corrected chi connectivity index (χ2v) is 6.91. The van der Waals surface area contributed by atoms with E-state index in [2.05, 4.69) is 39.5 Å². The third kappa shape index (κ3) is 4.31. The Labute approximate surface area is 165 Å². The first-order chi connectivity index (χ1) is 13.8. The number of para-hydroxylation sites is 1. The summed E-state index contributed by atoms with van der Waals surface area (Å²) in [4.78, 5) is 21.2. The molecule has 1 aliphatic heterocycles. The number of carbonyl (C=O) groups is 1. The van der Waals surface area contributed by atoms with E-state index in [1.807, 2.05) is 53.6 Å². The van der Waals surface area contributed by atoms with Crippen molar-refractivity contribution in [2.24, 2.45) is 0 Å². The van der Waals surface area contributed by atoms with Gasteiger partial charge in [-0.25, -0.2) is 0 Å². The SMILES string of the molecule is O=C(c1ccc(NCc2cccnc2)cc1)N1CCN(c2ccccc2)CC1. The molecule has 0 spiro atoms. The van der Waals surface area contributed by atoms with Crippen LogP contribution in [0.1, 0.15) is 15.9 Å². The topological polar surface area (TPSA) is 48.5 Å². The molecule has 0 unspecified atom stereocenters. The van der Waals surface area contributed by atoms with E-state index < -0.39 is 0 Å². The Balaban J connectivity index is 1.31. The van der Waals surface area contributed by atoms with Crippen molar-refractivity contribution >= 4 is 17.3 Å². The van der Waals surface area contributed by atoms with E-state index in [4.69, 9.17) is 0 Å². The van der Waals surface area contributed by atoms with Crippen molar-refractivity contribution in [1.82, 2.24) is 9.88 Å². The van der Waals surface area contributed by atoms with Gasteiger partial charge in [-0.2, -0.15) is 0 Å². The van der Waals surface area contributed by atoms with Gasteiger partial charge in [0.1, 0.15) is 0 Å². The summed E-state index contributed by atoms with van der Waals surface area (Å²) in [5.41, 5.74) is 4.08. The van der Waals surface area contributed by atoms with Crippen LogP contribution < -0.4 is 10.2 Å². The molecule has 4 rings (SSSR count). The molecule has 0 bridgehead atoms. The maximum atomic E-state index is 12.8. The van der Waals surface area contributed by atoms with E-state index >= 15 is 0 Å². The smallest absolute Gasteiger partial charge is 0.253 e. The Morgan fingerprint density at radius 3 is 2.32 bits per heavy atom. The van der Waals surface area contributed by atoms with Crippen molar-refractivity contribution in [1.29, 1.82) is 0 Å². The lowest BCUT2D eigenvalue weighted by Gasteiger charge is -2.36. The van der Waals surface area contributed by atoms with E-state index in [1.54, 1.807) is 6.20 Å². The summed E-state index contributed by atoms with van der Waals surface area (Å²) in [6.07, 6.45) is 3.61. The minimum absolute atomic E-state index is 0.103. The van der Waals surface area contributed by atoms with Gasteiger partial charge in [-0.15, -0.1) is 0 Å². The highest BCUT2D eigenvalue weighted by Crippen LogP contribution is 2.18. The minimum atomic E-state index is 0.103. The van der Waals surface area contributed by atoms with Gasteiger partial charge in [0.15, 0.2) is 0 Å². The van der Waals surface area contributed by atoms with Gasteiger partial charge in [0, 0.05) is 62.1 Å². The number of nitrogens with one attached hydrogen (secondary N) is 1. The number of aromatic nitrogens is 1. The summed E-state index contributed by atoms with van der Waals surface area (Å²) in [5.74, 6) is 0.103. The van der Waals surface area contributed by atoms with E-state index in [-0.39, 0.29) is 5.91 Å². The van der Waals surface area contributed by atoms with E-state index in [9.17, 15) is 4.79 Å². The van der Waals surface area contributed by atoms with Crippen molar-refractivity contribution in [3.63, 3.8) is 0 Å². The van der Waals surface area contributed by atoms with Crippen molar-refractivity contribution in [3.05, 3.63) is 90.3 Å². The Bertz CT molecular complexity index is 889. The zero-order chi connectivity index (χ0) is 19.2. The Morgan fingerprint density at radius 2 is 1.64 bits per heavy atom. The van der Waals surface area contributed by atoms with E-state index in [1.165, 1.54) is 5.69 Å². The lowest BCUT2D eigenvalue weighted by atomic mass is 10.1. The van der Waals surface area contributed by atoms with Gasteiger partial charge in [0.05, 0.1) is 0 Å². The summed E-state index contributed by atoms with van der Waals surface area (Å²) >= 11 is 0. The fourth-order valence-electron chi connectivity index (χ4n) is 3.43. The van der Waals surface area contributed by atoms with Gasteiger partial charge in [-0.1, -0.05) is 24.3 Å². The molecular weight excluding hydrogens is 348 g/mol. The zero-order valence-electron chi connectivity index (χ0n) is 15.8. The predicted molar refractivity (Wildman–Crippen MR) is 113 cm³/mol. The molecule has 1 N–H and O–H groups in total. The van der Waals surface area contributed by atoms with Crippen LogP contribution in [0, 0.1) is 0 Å². The molecule has 28 heavy (non-hydrogen) atoms. The zero-order valence-corrected chi connectivity index (χ0v) is 15.8. The molecule has 1 fully saturated rings. The highest BCUT2D eigenvalue weighted by molar-refractivity contribution is 5.94. The molecule has 3 aromatic rings. The third-order valence-corrected chi connectivity index (χ3v) is 5.04. The van der Waals surface area contributed by atoms with Gasteiger partial charge >= 0.3 is 0 Å². The van der Waals surface area contributed by atoms with Crippen LogP contribution in [0.5, 0.6) is 0 Å². The molecule has 2 aromatic carbocycles. The molecule has 1 aliphatic rings. The fraction of sp³-hybridized carbons (Fsp3) is 0.217. The molecule has 0 saturated carbocycles. The average Bonchev–Trinajstić information content (AvgIpc) is 2.79. The number of amides is 1. The molecule has 142 valence electrons. The maximum Gasteiger partial charge on any atom is 0.253 e. The van der Waals surface area contributed by atoms with Gasteiger partial charge in [0.25, 0.3) is 5.91 Å². The van der Waals surface area contributed by atoms with Gasteiger partial charge < -0.3 is 15.1 Å². The highest BCUT2D eigenvalue weighted by atomic mass is 16.2. The largest absolute Gasteiger partial charge is 0.381 e. The number of rotatable bonds is 5. The Kier molecular flexibility index (Phi) is 5.52. The number of pyridine rings is 1. The van der Waals surface area contributed by atoms with Crippen LogP contribution in [0.3, 0.4) is 0 Å². The fourth-order valence-corrected chi connectivity index (χ4v) is 3.43. The standard InChI is InChI=1S/C23H24N4O/c28-23(27-15-13-26(14-16-27)22-6-2-1-3-7-22)20-8-10-21(11-9-20)25-18-19-5-4-12-24-17-19/h1-12,17,25H,13-16,18H2. The second-order valence-electron chi connectivity index (χ2n) is 6.91. The van der Waals surface area contributed by atoms with Crippen LogP contribution in [0.2, 0.25) is 0 Å². The van der Waals surface area contributed by atoms with Crippen molar-refractivity contribution in [2.45, 2.75) is 6.54 Å². The summed E-state index contributed by atoms with van der Waals surface area (Å²) in [6, 6.07) is 22.1. The molecule has 5 heteroatoms. The number of benzene rings is 2. The van der Waals surface area contributed by atoms with Crippen molar-refractivity contribution in [2.75, 3.05) is 36.4 Å². The highest BCUT2D eigenvalue weighted by Gasteiger charge is 2.22. The lowest BCUT2D eigenvalue weighted by molar-refractivity contribution is 0.0747. The lowest BCUT2D eigenvalue weighted by Crippen LogP contribution is -2.48. The minimum Gasteiger partial charge on any atom is -0.381 e. The quantitative estimate of drug-likeness (QED) is 0.743. The number of hydrogen-bond donors (Lipinski definition) is 1. The Hall–Kier alpha value is -3.34. The summed E-state index contributed by atoms with van der Waals surface area (Å²) in [6.45, 7) is 3.92. The summed E-state index contributed by atoms with van der Waals surface area (Å²) in [7, 11) is 0. The van der Waals surface area contributed by atoms with Crippen LogP contribution >= 0.6 is 0 Å². The molecule has 5 nitrogen and oxygen atoms in total. The number of piperazine rings is 1. The first kappa shape index (κ1) is 18.0. The summed E-state index contributed by atoms with van der Waals surface area (Å²) < 4.78 is 0. The molecule has 1 saturated heterocycles. The van der Waals surface area contributed by atoms with Crippen LogP contribution in [-0.2, 0) is 6.54 Å².